The van der Waals surface area contributed by atoms with Gasteiger partial charge in [-0.15, -0.1) is 0 Å². The van der Waals surface area contributed by atoms with Gasteiger partial charge >= 0.3 is 45.5 Å². The van der Waals surface area contributed by atoms with E-state index in [-0.39, 0.29) is 53.9 Å². The van der Waals surface area contributed by atoms with Crippen molar-refractivity contribution in [1.82, 2.24) is 43.5 Å². The van der Waals surface area contributed by atoms with Gasteiger partial charge in [0.25, 0.3) is 0 Å². The Balaban J connectivity index is 0.000000135. The molecule has 0 spiro atoms. The number of benzene rings is 5. The molecule has 8 aromatic heterocycles. The SMILES string of the molecule is CCOC(=O)c1cc(-c2cccnc2)c2n1CCc1cc(OC)c(N3CCOCC3)cc1-2.CCOC(=O)c1cc(-c2cccnc2)c2n1CCc1cc(OC)c(O)cc1-2.CCOC(=O)c1cc(-c2cccnc2)c2n1CCc1cc(OC)c(OC(C)C)cc1-2.CCOC(=O)c1cc(-c2cccnc2)c2n1CCc1cc(OC)c(OS(=O)(=O)C(F)(F)F)cc1-2.COc1cc2c(cc1OC(C)C)C(C(=O)O)NCC2. The lowest BCUT2D eigenvalue weighted by Crippen LogP contribution is -2.36. The van der Waals surface area contributed by atoms with Gasteiger partial charge in [0.2, 0.25) is 0 Å². The number of rotatable bonds is 25. The maximum absolute atomic E-state index is 13.0. The van der Waals surface area contributed by atoms with Crippen LogP contribution in [0.2, 0.25) is 0 Å². The first-order chi connectivity index (χ1) is 68.5. The van der Waals surface area contributed by atoms with Crippen molar-refractivity contribution in [3.05, 3.63) is 239 Å². The lowest BCUT2D eigenvalue weighted by molar-refractivity contribution is -0.139. The number of aryl methyl sites for hydroxylation is 4. The molecule has 19 rings (SSSR count). The standard InChI is InChI=1S/C25H27N3O4.C24H26N2O4.C22H19F3N2O6S.C21H20N2O4.C14H19NO4/c1-3-32-25(29)22-15-20(18-5-4-7-26-16-18)24-19-14-21(27-9-11-31-12-10-27)23(30-2)13-17(19)6-8-28(22)24;1-5-29-24(27)20-12-18(17-7-6-9-25-14-17)23-19-13-22(30-15(2)3)21(28-4)11-16(19)8-10-26(20)23;1-3-32-21(28)17-10-15(14-5-4-7-26-12-14)20-16-11-19(33-34(29,30)22(23,24)25)18(31-2)9-13(16)6-8-27(17)20;1-3-27-21(25)17-10-15(14-5-4-7-22-12-14)20-16-11-18(24)19(26-2)9-13(16)6-8-23(17)20;1-8(2)19-12-7-10-9(6-11(12)18-3)4-5-15-13(10)14(16)17/h4-5,7,13-16H,3,6,8-12H2,1-2H3;6-7,9,11-15H,5,8,10H2,1-4H3;4-5,7,9-12H,3,6,8H2,1-2H3;4-5,7,9-12,24H,3,6,8H2,1-2H3;6-8,13,15H,4-5H2,1-3H3,(H,16,17). The molecule has 1 unspecified atom stereocenters. The molecule has 32 nitrogen and oxygen atoms in total. The quantitative estimate of drug-likeness (QED) is 0.0207. The summed E-state index contributed by atoms with van der Waals surface area (Å²) in [6.07, 6.45) is 17.3. The second-order valence-corrected chi connectivity index (χ2v) is 35.4. The highest BCUT2D eigenvalue weighted by atomic mass is 32.2. The van der Waals surface area contributed by atoms with Gasteiger partial charge in [-0.25, -0.2) is 19.2 Å². The van der Waals surface area contributed by atoms with Crippen LogP contribution in [0.5, 0.6) is 51.7 Å². The number of methoxy groups -OCH3 is 5. The number of carbonyl (C=O) groups is 5. The minimum atomic E-state index is -5.94. The number of carboxylic acids is 1. The average molecular weight is 1970 g/mol. The molecule has 0 radical (unpaired) electrons. The maximum atomic E-state index is 13.0. The number of pyridine rings is 4. The number of nitrogens with zero attached hydrogens (tertiary/aromatic N) is 9. The summed E-state index contributed by atoms with van der Waals surface area (Å²) in [7, 11) is 1.75. The second-order valence-electron chi connectivity index (χ2n) is 33.9. The summed E-state index contributed by atoms with van der Waals surface area (Å²) in [5.74, 6) is 0.851. The van der Waals surface area contributed by atoms with Crippen LogP contribution in [0, 0.1) is 0 Å². The Morgan fingerprint density at radius 2 is 0.754 bits per heavy atom. The minimum absolute atomic E-state index is 0.00628. The number of morpholine rings is 1. The topological polar surface area (TPSA) is 366 Å². The largest absolute Gasteiger partial charge is 0.534 e. The molecule has 0 saturated carbocycles. The Kier molecular flexibility index (Phi) is 31.8. The smallest absolute Gasteiger partial charge is 0.504 e. The number of anilines is 1. The maximum Gasteiger partial charge on any atom is 0.534 e. The van der Waals surface area contributed by atoms with Crippen molar-refractivity contribution < 1.29 is 117 Å². The number of carbonyl (C=O) groups excluding carboxylic acids is 4. The number of hydrogen-bond donors (Lipinski definition) is 3. The summed E-state index contributed by atoms with van der Waals surface area (Å²) in [4.78, 5) is 81.1. The van der Waals surface area contributed by atoms with E-state index >= 15 is 0 Å². The molecular weight excluding hydrogens is 1850 g/mol. The number of carboxylic acid groups (broad SMARTS) is 1. The molecule has 0 aliphatic carbocycles. The van der Waals surface area contributed by atoms with Crippen LogP contribution >= 0.6 is 0 Å². The van der Waals surface area contributed by atoms with E-state index in [1.165, 1.54) is 31.9 Å². The van der Waals surface area contributed by atoms with Crippen LogP contribution in [0.3, 0.4) is 0 Å². The molecule has 1 saturated heterocycles. The summed E-state index contributed by atoms with van der Waals surface area (Å²) in [6, 6.07) is 40.0. The summed E-state index contributed by atoms with van der Waals surface area (Å²) >= 11 is 0. The van der Waals surface area contributed by atoms with Gasteiger partial charge in [-0.1, -0.05) is 24.3 Å². The number of alkyl halides is 3. The van der Waals surface area contributed by atoms with Crippen LogP contribution in [0.4, 0.5) is 18.9 Å². The third-order valence-corrected chi connectivity index (χ3v) is 25.5. The zero-order valence-corrected chi connectivity index (χ0v) is 81.7. The van der Waals surface area contributed by atoms with Crippen molar-refractivity contribution in [2.75, 3.05) is 99.7 Å². The van der Waals surface area contributed by atoms with Crippen LogP contribution in [0.1, 0.15) is 137 Å². The number of aromatic nitrogens is 8. The average Bonchev–Trinajstić information content (AvgIpc) is 1.59. The van der Waals surface area contributed by atoms with Gasteiger partial charge in [0.1, 0.15) is 34.6 Å². The fourth-order valence-corrected chi connectivity index (χ4v) is 18.8. The molecule has 142 heavy (non-hydrogen) atoms. The van der Waals surface area contributed by atoms with E-state index in [1.807, 2.05) is 142 Å². The molecule has 744 valence electrons. The number of nitrogens with one attached hydrogen (secondary N) is 1. The first kappa shape index (κ1) is 101. The molecular formula is C106H111F3N10O22S. The van der Waals surface area contributed by atoms with Crippen molar-refractivity contribution in [2.24, 2.45) is 0 Å². The fraction of sp³-hybridized carbons (Fsp3) is 0.330. The molecule has 3 N–H and O–H groups in total. The van der Waals surface area contributed by atoms with E-state index in [2.05, 4.69) is 51.0 Å². The van der Waals surface area contributed by atoms with Gasteiger partial charge in [-0.05, 0) is 230 Å². The van der Waals surface area contributed by atoms with Crippen LogP contribution in [-0.4, -0.2) is 199 Å². The molecule has 14 heterocycles. The highest BCUT2D eigenvalue weighted by Gasteiger charge is 2.49. The van der Waals surface area contributed by atoms with Gasteiger partial charge in [0, 0.05) is 162 Å². The van der Waals surface area contributed by atoms with Gasteiger partial charge in [-0.3, -0.25) is 24.7 Å². The minimum Gasteiger partial charge on any atom is -0.504 e. The summed E-state index contributed by atoms with van der Waals surface area (Å²) in [5.41, 5.74) is 16.9. The summed E-state index contributed by atoms with van der Waals surface area (Å²) < 4.78 is 140. The molecule has 36 heteroatoms. The molecule has 1 fully saturated rings. The normalized spacial score (nSPS) is 13.9. The Labute approximate surface area is 819 Å². The van der Waals surface area contributed by atoms with E-state index in [0.717, 1.165) is 145 Å². The third kappa shape index (κ3) is 21.4. The van der Waals surface area contributed by atoms with Crippen LogP contribution in [-0.2, 0) is 96.9 Å². The Bertz CT molecular complexity index is 6920. The van der Waals surface area contributed by atoms with Gasteiger partial charge < -0.3 is 99.7 Å². The fourth-order valence-electron chi connectivity index (χ4n) is 18.4. The predicted molar refractivity (Wildman–Crippen MR) is 524 cm³/mol. The summed E-state index contributed by atoms with van der Waals surface area (Å²) in [6.45, 7) is 22.2. The molecule has 1 atom stereocenters. The number of halogens is 3. The zero-order valence-electron chi connectivity index (χ0n) is 80.9. The number of ether oxygens (including phenoxy) is 12. The van der Waals surface area contributed by atoms with E-state index in [0.29, 0.717) is 140 Å². The number of esters is 4. The molecule has 6 aliphatic heterocycles. The molecule has 0 amide bonds. The number of aromatic hydroxyl groups is 1. The van der Waals surface area contributed by atoms with Crippen LogP contribution in [0.15, 0.2) is 183 Å². The molecule has 5 aromatic carbocycles. The van der Waals surface area contributed by atoms with E-state index in [9.17, 15) is 55.8 Å². The van der Waals surface area contributed by atoms with Crippen LogP contribution < -0.4 is 47.6 Å². The Hall–Kier alpha value is -15.2. The lowest BCUT2D eigenvalue weighted by atomic mass is 9.93. The zero-order chi connectivity index (χ0) is 101. The Morgan fingerprint density at radius 3 is 1.09 bits per heavy atom. The predicted octanol–water partition coefficient (Wildman–Crippen LogP) is 18.1. The number of fused-ring (bicyclic) bond motifs is 13. The van der Waals surface area contributed by atoms with Crippen molar-refractivity contribution in [1.29, 1.82) is 0 Å². The first-order valence-electron chi connectivity index (χ1n) is 46.6. The highest BCUT2D eigenvalue weighted by molar-refractivity contribution is 7.88. The number of phenols is 1. The lowest BCUT2D eigenvalue weighted by Gasteiger charge is -2.32. The monoisotopic (exact) mass is 1960 g/mol. The van der Waals surface area contributed by atoms with Crippen LogP contribution in [0.25, 0.3) is 89.5 Å². The second kappa shape index (κ2) is 44.5. The van der Waals surface area contributed by atoms with Gasteiger partial charge in [0.05, 0.1) is 116 Å². The number of hydrogen-bond acceptors (Lipinski definition) is 27. The first-order valence-corrected chi connectivity index (χ1v) is 48.0. The third-order valence-electron chi connectivity index (χ3n) is 24.5. The van der Waals surface area contributed by atoms with E-state index in [1.54, 1.807) is 107 Å². The number of aliphatic carboxylic acids is 1. The summed E-state index contributed by atoms with van der Waals surface area (Å²) in [5, 5.41) is 22.6. The van der Waals surface area contributed by atoms with Gasteiger partial charge in [-0.2, -0.15) is 21.6 Å². The van der Waals surface area contributed by atoms with Crippen molar-refractivity contribution >= 4 is 45.7 Å². The van der Waals surface area contributed by atoms with Gasteiger partial charge in [0.15, 0.2) is 46.0 Å². The van der Waals surface area contributed by atoms with Crippen molar-refractivity contribution in [3.8, 4) is 141 Å². The number of phenolic OH excluding ortho intramolecular Hbond substituents is 1. The highest BCUT2D eigenvalue weighted by Crippen LogP contribution is 2.51. The molecule has 0 bridgehead atoms. The Morgan fingerprint density at radius 1 is 0.423 bits per heavy atom. The van der Waals surface area contributed by atoms with E-state index < -0.39 is 39.4 Å². The molecule has 13 aromatic rings. The van der Waals surface area contributed by atoms with Crippen molar-refractivity contribution in [2.45, 2.75) is 137 Å². The van der Waals surface area contributed by atoms with E-state index in [4.69, 9.17) is 56.8 Å². The van der Waals surface area contributed by atoms with Crippen molar-refractivity contribution in [3.63, 3.8) is 0 Å². The molecule has 6 aliphatic rings.